The molecule has 8 heteroatoms. The first-order chi connectivity index (χ1) is 12.1. The molecule has 8 nitrogen and oxygen atoms in total. The van der Waals surface area contributed by atoms with Gasteiger partial charge in [-0.25, -0.2) is 4.79 Å². The number of urea groups is 1. The molecule has 25 heavy (non-hydrogen) atoms. The number of hydrogen-bond donors (Lipinski definition) is 3. The van der Waals surface area contributed by atoms with Crippen molar-refractivity contribution < 1.29 is 9.59 Å². The fourth-order valence-corrected chi connectivity index (χ4v) is 3.15. The number of fused-ring (bicyclic) bond motifs is 1. The van der Waals surface area contributed by atoms with Crippen LogP contribution in [0.5, 0.6) is 0 Å². The molecule has 134 valence electrons. The average molecular weight is 344 g/mol. The monoisotopic (exact) mass is 344 g/mol. The summed E-state index contributed by atoms with van der Waals surface area (Å²) in [5.74, 6) is 0.486. The molecule has 1 saturated carbocycles. The number of hydrogen-bond acceptors (Lipinski definition) is 4. The van der Waals surface area contributed by atoms with Gasteiger partial charge in [-0.3, -0.25) is 9.20 Å². The van der Waals surface area contributed by atoms with Crippen molar-refractivity contribution in [3.63, 3.8) is 0 Å². The van der Waals surface area contributed by atoms with Gasteiger partial charge < -0.3 is 16.0 Å². The van der Waals surface area contributed by atoms with Gasteiger partial charge in [-0.1, -0.05) is 25.3 Å². The van der Waals surface area contributed by atoms with Gasteiger partial charge in [-0.15, -0.1) is 10.2 Å². The van der Waals surface area contributed by atoms with Gasteiger partial charge in [0.2, 0.25) is 5.91 Å². The first-order valence-corrected chi connectivity index (χ1v) is 8.77. The van der Waals surface area contributed by atoms with Crippen LogP contribution in [0.4, 0.5) is 4.79 Å². The molecule has 3 rings (SSSR count). The Kier molecular flexibility index (Phi) is 5.47. The van der Waals surface area contributed by atoms with Crippen LogP contribution in [0, 0.1) is 0 Å². The van der Waals surface area contributed by atoms with Crippen molar-refractivity contribution in [3.8, 4) is 0 Å². The summed E-state index contributed by atoms with van der Waals surface area (Å²) in [6.45, 7) is 1.79. The van der Waals surface area contributed by atoms with E-state index in [1.807, 2.05) is 35.7 Å². The Morgan fingerprint density at radius 3 is 2.84 bits per heavy atom. The lowest BCUT2D eigenvalue weighted by atomic mass is 9.95. The molecule has 1 aliphatic rings. The second kappa shape index (κ2) is 7.96. The number of aromatic nitrogens is 3. The molecule has 0 aromatic carbocycles. The molecule has 0 spiro atoms. The Balaban J connectivity index is 1.46. The summed E-state index contributed by atoms with van der Waals surface area (Å²) < 4.78 is 1.82. The van der Waals surface area contributed by atoms with E-state index >= 15 is 0 Å². The lowest BCUT2D eigenvalue weighted by molar-refractivity contribution is -0.121. The molecule has 0 bridgehead atoms. The van der Waals surface area contributed by atoms with Gasteiger partial charge in [-0.2, -0.15) is 0 Å². The number of nitrogens with zero attached hydrogens (tertiary/aromatic N) is 3. The fraction of sp³-hybridized carbons (Fsp3) is 0.529. The minimum atomic E-state index is -0.404. The third-order valence-electron chi connectivity index (χ3n) is 4.45. The van der Waals surface area contributed by atoms with E-state index in [4.69, 9.17) is 0 Å². The summed E-state index contributed by atoms with van der Waals surface area (Å²) in [5, 5.41) is 16.5. The molecule has 2 heterocycles. The van der Waals surface area contributed by atoms with Crippen molar-refractivity contribution in [2.75, 3.05) is 6.54 Å². The first kappa shape index (κ1) is 17.2. The predicted octanol–water partition coefficient (Wildman–Crippen LogP) is 1.54. The second-order valence-electron chi connectivity index (χ2n) is 6.44. The highest BCUT2D eigenvalue weighted by molar-refractivity contribution is 5.84. The Labute approximate surface area is 146 Å². The van der Waals surface area contributed by atoms with E-state index in [0.29, 0.717) is 5.82 Å². The number of carbonyl (C=O) groups excluding carboxylic acids is 2. The number of carbonyl (C=O) groups is 2. The maximum Gasteiger partial charge on any atom is 0.315 e. The first-order valence-electron chi connectivity index (χ1n) is 8.77. The minimum Gasteiger partial charge on any atom is -0.352 e. The van der Waals surface area contributed by atoms with Gasteiger partial charge in [0.1, 0.15) is 0 Å². The van der Waals surface area contributed by atoms with Crippen LogP contribution in [-0.2, 0) is 4.79 Å². The molecule has 0 unspecified atom stereocenters. The number of amides is 3. The molecule has 0 aliphatic heterocycles. The maximum absolute atomic E-state index is 12.0. The number of pyridine rings is 1. The van der Waals surface area contributed by atoms with Crippen LogP contribution in [0.25, 0.3) is 5.65 Å². The topological polar surface area (TPSA) is 100 Å². The van der Waals surface area contributed by atoms with Gasteiger partial charge in [0, 0.05) is 12.2 Å². The van der Waals surface area contributed by atoms with E-state index < -0.39 is 6.03 Å². The van der Waals surface area contributed by atoms with Crippen molar-refractivity contribution in [2.45, 2.75) is 51.1 Å². The van der Waals surface area contributed by atoms with Crippen LogP contribution in [0.15, 0.2) is 24.4 Å². The van der Waals surface area contributed by atoms with E-state index in [2.05, 4.69) is 26.1 Å². The maximum atomic E-state index is 12.0. The Morgan fingerprint density at radius 1 is 1.24 bits per heavy atom. The van der Waals surface area contributed by atoms with Crippen LogP contribution in [0.1, 0.15) is 50.9 Å². The van der Waals surface area contributed by atoms with Gasteiger partial charge in [0.05, 0.1) is 12.6 Å². The van der Waals surface area contributed by atoms with Gasteiger partial charge in [0.25, 0.3) is 0 Å². The lowest BCUT2D eigenvalue weighted by Gasteiger charge is -2.22. The van der Waals surface area contributed by atoms with Gasteiger partial charge in [0.15, 0.2) is 11.5 Å². The second-order valence-corrected chi connectivity index (χ2v) is 6.44. The highest BCUT2D eigenvalue weighted by Crippen LogP contribution is 2.17. The summed E-state index contributed by atoms with van der Waals surface area (Å²) in [6, 6.07) is 5.11. The molecule has 1 atom stereocenters. The SMILES string of the molecule is C[C@H](NC(=O)NCC(=O)NC1CCCCC1)c1nnc2ccccn12. The molecule has 0 saturated heterocycles. The fourth-order valence-electron chi connectivity index (χ4n) is 3.15. The predicted molar refractivity (Wildman–Crippen MR) is 93.0 cm³/mol. The van der Waals surface area contributed by atoms with E-state index in [1.54, 1.807) is 0 Å². The van der Waals surface area contributed by atoms with Crippen molar-refractivity contribution in [1.82, 2.24) is 30.5 Å². The smallest absolute Gasteiger partial charge is 0.315 e. The van der Waals surface area contributed by atoms with Gasteiger partial charge >= 0.3 is 6.03 Å². The van der Waals surface area contributed by atoms with E-state index in [1.165, 1.54) is 6.42 Å². The molecule has 3 amide bonds. The minimum absolute atomic E-state index is 0.0321. The third kappa shape index (κ3) is 4.46. The molecule has 2 aromatic rings. The summed E-state index contributed by atoms with van der Waals surface area (Å²) in [6.07, 6.45) is 7.44. The van der Waals surface area contributed by atoms with Crippen LogP contribution in [0.3, 0.4) is 0 Å². The van der Waals surface area contributed by atoms with Crippen LogP contribution in [-0.4, -0.2) is 39.1 Å². The van der Waals surface area contributed by atoms with Crippen molar-refractivity contribution in [1.29, 1.82) is 0 Å². The Morgan fingerprint density at radius 2 is 2.04 bits per heavy atom. The summed E-state index contributed by atoms with van der Waals surface area (Å²) >= 11 is 0. The highest BCUT2D eigenvalue weighted by atomic mass is 16.2. The quantitative estimate of drug-likeness (QED) is 0.766. The van der Waals surface area contributed by atoms with Gasteiger partial charge in [-0.05, 0) is 31.9 Å². The molecule has 3 N–H and O–H groups in total. The largest absolute Gasteiger partial charge is 0.352 e. The molecule has 1 aliphatic carbocycles. The van der Waals surface area contributed by atoms with Crippen molar-refractivity contribution >= 4 is 17.6 Å². The Hall–Kier alpha value is -2.64. The van der Waals surface area contributed by atoms with Crippen LogP contribution < -0.4 is 16.0 Å². The zero-order valence-electron chi connectivity index (χ0n) is 14.4. The molecule has 2 aromatic heterocycles. The summed E-state index contributed by atoms with van der Waals surface area (Å²) in [5.41, 5.74) is 0.721. The lowest BCUT2D eigenvalue weighted by Crippen LogP contribution is -2.45. The van der Waals surface area contributed by atoms with Crippen molar-refractivity contribution in [3.05, 3.63) is 30.2 Å². The van der Waals surface area contributed by atoms with Crippen LogP contribution in [0.2, 0.25) is 0 Å². The molecule has 1 fully saturated rings. The van der Waals surface area contributed by atoms with Crippen molar-refractivity contribution in [2.24, 2.45) is 0 Å². The molecular formula is C17H24N6O2. The van der Waals surface area contributed by atoms with E-state index in [-0.39, 0.29) is 24.5 Å². The zero-order valence-corrected chi connectivity index (χ0v) is 14.4. The normalized spacial score (nSPS) is 16.4. The zero-order chi connectivity index (χ0) is 17.6. The average Bonchev–Trinajstić information content (AvgIpc) is 3.05. The number of rotatable bonds is 5. The molecule has 0 radical (unpaired) electrons. The Bertz CT molecular complexity index is 738. The summed E-state index contributed by atoms with van der Waals surface area (Å²) in [4.78, 5) is 23.9. The van der Waals surface area contributed by atoms with E-state index in [0.717, 1.165) is 31.3 Å². The molecular weight excluding hydrogens is 320 g/mol. The third-order valence-corrected chi connectivity index (χ3v) is 4.45. The standard InChI is InChI=1S/C17H24N6O2/c1-12(16-22-21-14-9-5-6-10-23(14)16)19-17(25)18-11-15(24)20-13-7-3-2-4-8-13/h5-6,9-10,12-13H,2-4,7-8,11H2,1H3,(H,20,24)(H2,18,19,25)/t12-/m0/s1. The summed E-state index contributed by atoms with van der Waals surface area (Å²) in [7, 11) is 0. The highest BCUT2D eigenvalue weighted by Gasteiger charge is 2.18. The van der Waals surface area contributed by atoms with E-state index in [9.17, 15) is 9.59 Å². The van der Waals surface area contributed by atoms with Crippen LogP contribution >= 0.6 is 0 Å². The number of nitrogens with one attached hydrogen (secondary N) is 3.